The standard InChI is InChI=1S/C15H16BrNO2/c16-12-4-1-3-11-10(12)6-7-13(11)17-9-14(18)15-5-2-8-19-15/h1-5,8,13-14,17-18H,6-7,9H2. The molecule has 0 fully saturated rings. The summed E-state index contributed by atoms with van der Waals surface area (Å²) in [6.45, 7) is 0.504. The summed E-state index contributed by atoms with van der Waals surface area (Å²) >= 11 is 3.59. The van der Waals surface area contributed by atoms with Crippen LogP contribution in [0.2, 0.25) is 0 Å². The van der Waals surface area contributed by atoms with Crippen LogP contribution in [0.5, 0.6) is 0 Å². The minimum absolute atomic E-state index is 0.317. The molecule has 19 heavy (non-hydrogen) atoms. The Labute approximate surface area is 120 Å². The fourth-order valence-corrected chi connectivity index (χ4v) is 3.24. The molecular weight excluding hydrogens is 306 g/mol. The maximum Gasteiger partial charge on any atom is 0.133 e. The van der Waals surface area contributed by atoms with Gasteiger partial charge in [0.05, 0.1) is 6.26 Å². The summed E-state index contributed by atoms with van der Waals surface area (Å²) in [5, 5.41) is 13.4. The average molecular weight is 322 g/mol. The van der Waals surface area contributed by atoms with Crippen LogP contribution in [0.1, 0.15) is 35.5 Å². The molecule has 1 aromatic carbocycles. The van der Waals surface area contributed by atoms with Crippen LogP contribution in [-0.2, 0) is 6.42 Å². The monoisotopic (exact) mass is 321 g/mol. The van der Waals surface area contributed by atoms with Gasteiger partial charge in [0.15, 0.2) is 0 Å². The molecule has 1 aromatic heterocycles. The Balaban J connectivity index is 1.66. The van der Waals surface area contributed by atoms with Crippen molar-refractivity contribution in [2.45, 2.75) is 25.0 Å². The van der Waals surface area contributed by atoms with E-state index in [0.29, 0.717) is 18.3 Å². The molecule has 0 bridgehead atoms. The molecule has 1 aliphatic rings. The molecule has 3 rings (SSSR count). The fourth-order valence-electron chi connectivity index (χ4n) is 2.66. The quantitative estimate of drug-likeness (QED) is 0.907. The number of fused-ring (bicyclic) bond motifs is 1. The number of rotatable bonds is 4. The summed E-state index contributed by atoms with van der Waals surface area (Å²) < 4.78 is 6.38. The van der Waals surface area contributed by atoms with E-state index in [1.165, 1.54) is 15.6 Å². The van der Waals surface area contributed by atoms with Gasteiger partial charge in [-0.3, -0.25) is 0 Å². The second-order valence-corrected chi connectivity index (χ2v) is 5.69. The first-order valence-corrected chi connectivity index (χ1v) is 7.27. The number of hydrogen-bond acceptors (Lipinski definition) is 3. The molecule has 0 saturated heterocycles. The van der Waals surface area contributed by atoms with Crippen molar-refractivity contribution in [3.05, 3.63) is 58.0 Å². The zero-order valence-electron chi connectivity index (χ0n) is 10.5. The summed E-state index contributed by atoms with van der Waals surface area (Å²) in [6, 6.07) is 10.2. The van der Waals surface area contributed by atoms with Crippen LogP contribution in [0.4, 0.5) is 0 Å². The van der Waals surface area contributed by atoms with E-state index >= 15 is 0 Å². The first kappa shape index (κ1) is 12.9. The first-order chi connectivity index (χ1) is 9.25. The maximum atomic E-state index is 10.0. The van der Waals surface area contributed by atoms with E-state index in [1.807, 2.05) is 0 Å². The lowest BCUT2D eigenvalue weighted by molar-refractivity contribution is 0.143. The predicted octanol–water partition coefficient (Wildman–Crippen LogP) is 3.35. The van der Waals surface area contributed by atoms with Crippen LogP contribution in [0.3, 0.4) is 0 Å². The lowest BCUT2D eigenvalue weighted by Crippen LogP contribution is -2.24. The van der Waals surface area contributed by atoms with Crippen LogP contribution < -0.4 is 5.32 Å². The zero-order valence-corrected chi connectivity index (χ0v) is 12.1. The highest BCUT2D eigenvalue weighted by atomic mass is 79.9. The largest absolute Gasteiger partial charge is 0.467 e. The van der Waals surface area contributed by atoms with E-state index in [2.05, 4.69) is 39.4 Å². The van der Waals surface area contributed by atoms with E-state index in [4.69, 9.17) is 4.42 Å². The van der Waals surface area contributed by atoms with Gasteiger partial charge in [0.2, 0.25) is 0 Å². The van der Waals surface area contributed by atoms with Crippen molar-refractivity contribution in [3.8, 4) is 0 Å². The van der Waals surface area contributed by atoms with Gasteiger partial charge in [-0.1, -0.05) is 28.1 Å². The zero-order chi connectivity index (χ0) is 13.2. The number of nitrogens with one attached hydrogen (secondary N) is 1. The van der Waals surface area contributed by atoms with Gasteiger partial charge in [-0.05, 0) is 42.2 Å². The van der Waals surface area contributed by atoms with Crippen molar-refractivity contribution in [3.63, 3.8) is 0 Å². The number of benzene rings is 1. The molecule has 0 aliphatic heterocycles. The molecule has 1 aliphatic carbocycles. The molecule has 3 nitrogen and oxygen atoms in total. The molecular formula is C15H16BrNO2. The van der Waals surface area contributed by atoms with Crippen molar-refractivity contribution in [2.75, 3.05) is 6.54 Å². The van der Waals surface area contributed by atoms with E-state index in [-0.39, 0.29) is 0 Å². The molecule has 2 unspecified atom stereocenters. The van der Waals surface area contributed by atoms with Crippen molar-refractivity contribution in [1.82, 2.24) is 5.32 Å². The van der Waals surface area contributed by atoms with Crippen molar-refractivity contribution in [2.24, 2.45) is 0 Å². The molecule has 0 amide bonds. The lowest BCUT2D eigenvalue weighted by atomic mass is 10.1. The molecule has 2 atom stereocenters. The van der Waals surface area contributed by atoms with Gasteiger partial charge in [-0.25, -0.2) is 0 Å². The van der Waals surface area contributed by atoms with Crippen LogP contribution in [0, 0.1) is 0 Å². The van der Waals surface area contributed by atoms with Crippen LogP contribution in [0.25, 0.3) is 0 Å². The van der Waals surface area contributed by atoms with E-state index in [1.54, 1.807) is 18.4 Å². The molecule has 100 valence electrons. The van der Waals surface area contributed by atoms with Gasteiger partial charge in [0.1, 0.15) is 11.9 Å². The highest BCUT2D eigenvalue weighted by Crippen LogP contribution is 2.35. The van der Waals surface area contributed by atoms with Gasteiger partial charge in [0.25, 0.3) is 0 Å². The van der Waals surface area contributed by atoms with E-state index < -0.39 is 6.10 Å². The summed E-state index contributed by atoms with van der Waals surface area (Å²) in [5.41, 5.74) is 2.72. The van der Waals surface area contributed by atoms with Crippen molar-refractivity contribution in [1.29, 1.82) is 0 Å². The molecule has 0 spiro atoms. The number of aliphatic hydroxyl groups is 1. The van der Waals surface area contributed by atoms with Crippen LogP contribution in [0.15, 0.2) is 45.5 Å². The Bertz CT molecular complexity index is 553. The Hall–Kier alpha value is -1.10. The third-order valence-corrected chi connectivity index (χ3v) is 4.39. The van der Waals surface area contributed by atoms with E-state index in [9.17, 15) is 5.11 Å². The van der Waals surface area contributed by atoms with Gasteiger partial charge in [-0.15, -0.1) is 0 Å². The maximum absolute atomic E-state index is 10.0. The SMILES string of the molecule is OC(CNC1CCc2c(Br)cccc21)c1ccco1. The number of furan rings is 1. The van der Waals surface area contributed by atoms with Gasteiger partial charge >= 0.3 is 0 Å². The third kappa shape index (κ3) is 2.61. The lowest BCUT2D eigenvalue weighted by Gasteiger charge is -2.16. The number of halogens is 1. The molecule has 0 saturated carbocycles. The average Bonchev–Trinajstić information content (AvgIpc) is 3.06. The normalized spacial score (nSPS) is 19.4. The summed E-state index contributed by atoms with van der Waals surface area (Å²) in [4.78, 5) is 0. The molecule has 1 heterocycles. The van der Waals surface area contributed by atoms with Gasteiger partial charge in [0, 0.05) is 17.1 Å². The smallest absolute Gasteiger partial charge is 0.133 e. The van der Waals surface area contributed by atoms with Gasteiger partial charge in [-0.2, -0.15) is 0 Å². The molecule has 4 heteroatoms. The Morgan fingerprint density at radius 1 is 1.37 bits per heavy atom. The second-order valence-electron chi connectivity index (χ2n) is 4.84. The summed E-state index contributed by atoms with van der Waals surface area (Å²) in [5.74, 6) is 0.611. The first-order valence-electron chi connectivity index (χ1n) is 6.48. The Kier molecular flexibility index (Phi) is 3.73. The number of hydrogen-bond donors (Lipinski definition) is 2. The Morgan fingerprint density at radius 2 is 2.26 bits per heavy atom. The Morgan fingerprint density at radius 3 is 3.05 bits per heavy atom. The van der Waals surface area contributed by atoms with Crippen LogP contribution in [-0.4, -0.2) is 11.7 Å². The third-order valence-electron chi connectivity index (χ3n) is 3.64. The second kappa shape index (κ2) is 5.49. The van der Waals surface area contributed by atoms with Crippen molar-refractivity contribution < 1.29 is 9.52 Å². The number of aliphatic hydroxyl groups excluding tert-OH is 1. The predicted molar refractivity (Wildman–Crippen MR) is 76.9 cm³/mol. The summed E-state index contributed by atoms with van der Waals surface area (Å²) in [6.07, 6.45) is 3.14. The molecule has 2 N–H and O–H groups in total. The molecule has 2 aromatic rings. The minimum Gasteiger partial charge on any atom is -0.467 e. The minimum atomic E-state index is -0.591. The highest BCUT2D eigenvalue weighted by Gasteiger charge is 2.24. The van der Waals surface area contributed by atoms with E-state index in [0.717, 1.165) is 12.8 Å². The topological polar surface area (TPSA) is 45.4 Å². The van der Waals surface area contributed by atoms with Crippen molar-refractivity contribution >= 4 is 15.9 Å². The summed E-state index contributed by atoms with van der Waals surface area (Å²) in [7, 11) is 0. The fraction of sp³-hybridized carbons (Fsp3) is 0.333. The molecule has 0 radical (unpaired) electrons. The highest BCUT2D eigenvalue weighted by molar-refractivity contribution is 9.10. The van der Waals surface area contributed by atoms with Gasteiger partial charge < -0.3 is 14.8 Å². The van der Waals surface area contributed by atoms with Crippen LogP contribution >= 0.6 is 15.9 Å².